The fraction of sp³-hybridized carbons (Fsp3) is 0.333. The normalized spacial score (nSPS) is 31.3. The van der Waals surface area contributed by atoms with Crippen LogP contribution in [0.15, 0.2) is 66.7 Å². The first-order valence-electron chi connectivity index (χ1n) is 10.1. The van der Waals surface area contributed by atoms with Crippen molar-refractivity contribution >= 4 is 10.8 Å². The molecular weight excluding hydrogens is 384 g/mol. The Labute approximate surface area is 174 Å². The number of aliphatic hydroxyl groups is 2. The zero-order chi connectivity index (χ0) is 20.7. The molecule has 2 aliphatic heterocycles. The van der Waals surface area contributed by atoms with Gasteiger partial charge in [-0.05, 0) is 17.9 Å². The highest BCUT2D eigenvalue weighted by Crippen LogP contribution is 2.37. The third-order valence-electron chi connectivity index (χ3n) is 5.73. The lowest BCUT2D eigenvalue weighted by atomic mass is 9.97. The molecule has 3 aromatic rings. The summed E-state index contributed by atoms with van der Waals surface area (Å²) in [5.41, 5.74) is 1.81. The minimum atomic E-state index is -1.38. The van der Waals surface area contributed by atoms with Crippen LogP contribution in [-0.2, 0) is 14.2 Å². The molecular formula is C24H24O6. The molecule has 0 bridgehead atoms. The third-order valence-corrected chi connectivity index (χ3v) is 5.73. The average molecular weight is 408 g/mol. The van der Waals surface area contributed by atoms with E-state index in [9.17, 15) is 10.2 Å². The lowest BCUT2D eigenvalue weighted by Crippen LogP contribution is -2.63. The number of aliphatic hydroxyl groups excluding tert-OH is 2. The monoisotopic (exact) mass is 408 g/mol. The molecule has 156 valence electrons. The van der Waals surface area contributed by atoms with Gasteiger partial charge in [0, 0.05) is 10.9 Å². The maximum Gasteiger partial charge on any atom is 0.185 e. The number of ether oxygens (including phenoxy) is 4. The van der Waals surface area contributed by atoms with Crippen molar-refractivity contribution in [3.05, 3.63) is 77.9 Å². The summed E-state index contributed by atoms with van der Waals surface area (Å²) < 4.78 is 23.9. The van der Waals surface area contributed by atoms with Gasteiger partial charge in [0.2, 0.25) is 0 Å². The first kappa shape index (κ1) is 19.5. The Morgan fingerprint density at radius 1 is 0.900 bits per heavy atom. The molecule has 5 rings (SSSR count). The molecule has 0 saturated carbocycles. The summed E-state index contributed by atoms with van der Waals surface area (Å²) in [4.78, 5) is 0. The van der Waals surface area contributed by atoms with Gasteiger partial charge in [0.1, 0.15) is 24.1 Å². The van der Waals surface area contributed by atoms with E-state index in [4.69, 9.17) is 18.9 Å². The standard InChI is InChI=1S/C24H24O6/c1-14-11-12-15-7-5-6-10-17(15)20(14)29-22-19(25)23(26)28-18-13-27-24(30-21(18)22)16-8-3-2-4-9-16/h2-12,18-19,21-26H,13H2,1H3/t18-,19+,21-,22-,23-,24?/m1/s1. The van der Waals surface area contributed by atoms with E-state index in [0.717, 1.165) is 21.9 Å². The van der Waals surface area contributed by atoms with Crippen molar-refractivity contribution in [2.24, 2.45) is 0 Å². The smallest absolute Gasteiger partial charge is 0.185 e. The number of hydrogen-bond acceptors (Lipinski definition) is 6. The fourth-order valence-electron chi connectivity index (χ4n) is 4.13. The van der Waals surface area contributed by atoms with Crippen LogP contribution < -0.4 is 4.74 Å². The first-order chi connectivity index (χ1) is 14.6. The maximum absolute atomic E-state index is 10.7. The molecule has 6 atom stereocenters. The van der Waals surface area contributed by atoms with Crippen LogP contribution in [0.5, 0.6) is 5.75 Å². The third kappa shape index (κ3) is 3.47. The summed E-state index contributed by atoms with van der Waals surface area (Å²) >= 11 is 0. The fourth-order valence-corrected chi connectivity index (χ4v) is 4.13. The molecule has 6 heteroatoms. The minimum Gasteiger partial charge on any atom is -0.484 e. The summed E-state index contributed by atoms with van der Waals surface area (Å²) in [7, 11) is 0. The van der Waals surface area contributed by atoms with E-state index < -0.39 is 37.0 Å². The quantitative estimate of drug-likeness (QED) is 0.694. The lowest BCUT2D eigenvalue weighted by Gasteiger charge is -2.46. The predicted molar refractivity (Wildman–Crippen MR) is 110 cm³/mol. The van der Waals surface area contributed by atoms with Gasteiger partial charge in [-0.2, -0.15) is 0 Å². The van der Waals surface area contributed by atoms with Crippen LogP contribution in [-0.4, -0.2) is 47.5 Å². The Hall–Kier alpha value is -2.48. The van der Waals surface area contributed by atoms with Gasteiger partial charge in [0.25, 0.3) is 0 Å². The van der Waals surface area contributed by atoms with Gasteiger partial charge in [0.15, 0.2) is 18.7 Å². The largest absolute Gasteiger partial charge is 0.484 e. The van der Waals surface area contributed by atoms with Crippen molar-refractivity contribution in [1.82, 2.24) is 0 Å². The van der Waals surface area contributed by atoms with E-state index in [1.165, 1.54) is 0 Å². The van der Waals surface area contributed by atoms with Crippen LogP contribution in [0.2, 0.25) is 0 Å². The van der Waals surface area contributed by atoms with Crippen LogP contribution in [0.3, 0.4) is 0 Å². The number of hydrogen-bond donors (Lipinski definition) is 2. The molecule has 3 aromatic carbocycles. The second kappa shape index (κ2) is 7.98. The Bertz CT molecular complexity index is 1020. The average Bonchev–Trinajstić information content (AvgIpc) is 2.78. The molecule has 2 saturated heterocycles. The van der Waals surface area contributed by atoms with Gasteiger partial charge < -0.3 is 29.2 Å². The van der Waals surface area contributed by atoms with Gasteiger partial charge >= 0.3 is 0 Å². The molecule has 0 radical (unpaired) electrons. The zero-order valence-electron chi connectivity index (χ0n) is 16.5. The van der Waals surface area contributed by atoms with Crippen molar-refractivity contribution < 1.29 is 29.2 Å². The number of aryl methyl sites for hydroxylation is 1. The molecule has 2 N–H and O–H groups in total. The topological polar surface area (TPSA) is 77.4 Å². The van der Waals surface area contributed by atoms with Gasteiger partial charge in [0.05, 0.1) is 6.61 Å². The van der Waals surface area contributed by atoms with Crippen molar-refractivity contribution in [2.75, 3.05) is 6.61 Å². The van der Waals surface area contributed by atoms with E-state index in [1.54, 1.807) is 0 Å². The highest BCUT2D eigenvalue weighted by Gasteiger charge is 2.50. The van der Waals surface area contributed by atoms with E-state index in [0.29, 0.717) is 5.75 Å². The van der Waals surface area contributed by atoms with Gasteiger partial charge in [-0.15, -0.1) is 0 Å². The molecule has 0 amide bonds. The number of fused-ring (bicyclic) bond motifs is 2. The Kier molecular flexibility index (Phi) is 5.18. The van der Waals surface area contributed by atoms with E-state index in [2.05, 4.69) is 0 Å². The van der Waals surface area contributed by atoms with Crippen molar-refractivity contribution in [3.63, 3.8) is 0 Å². The van der Waals surface area contributed by atoms with Crippen LogP contribution in [0.25, 0.3) is 10.8 Å². The van der Waals surface area contributed by atoms with Crippen LogP contribution in [0.4, 0.5) is 0 Å². The molecule has 0 aromatic heterocycles. The molecule has 1 unspecified atom stereocenters. The van der Waals surface area contributed by atoms with E-state index in [1.807, 2.05) is 73.7 Å². The molecule has 2 aliphatic rings. The predicted octanol–water partition coefficient (Wildman–Crippen LogP) is 3.09. The van der Waals surface area contributed by atoms with E-state index >= 15 is 0 Å². The van der Waals surface area contributed by atoms with Crippen LogP contribution in [0, 0.1) is 6.92 Å². The summed E-state index contributed by atoms with van der Waals surface area (Å²) in [5.74, 6) is 0.663. The molecule has 0 aliphatic carbocycles. The Morgan fingerprint density at radius 3 is 2.50 bits per heavy atom. The van der Waals surface area contributed by atoms with E-state index in [-0.39, 0.29) is 6.61 Å². The highest BCUT2D eigenvalue weighted by atomic mass is 16.7. The summed E-state index contributed by atoms with van der Waals surface area (Å²) in [6.07, 6.45) is -5.23. The summed E-state index contributed by atoms with van der Waals surface area (Å²) in [6, 6.07) is 21.5. The number of rotatable bonds is 3. The van der Waals surface area contributed by atoms with Gasteiger partial charge in [-0.3, -0.25) is 0 Å². The summed E-state index contributed by atoms with van der Waals surface area (Å²) in [5, 5.41) is 23.0. The SMILES string of the molecule is Cc1ccc2ccccc2c1O[C@@H]1[C@H](O)[C@H](O)O[C@@H]2COC(c3ccccc3)O[C@@H]12. The zero-order valence-corrected chi connectivity index (χ0v) is 16.5. The van der Waals surface area contributed by atoms with Crippen molar-refractivity contribution in [3.8, 4) is 5.75 Å². The second-order valence-corrected chi connectivity index (χ2v) is 7.75. The minimum absolute atomic E-state index is 0.225. The highest BCUT2D eigenvalue weighted by molar-refractivity contribution is 5.89. The lowest BCUT2D eigenvalue weighted by molar-refractivity contribution is -0.351. The van der Waals surface area contributed by atoms with Crippen molar-refractivity contribution in [2.45, 2.75) is 43.9 Å². The summed E-state index contributed by atoms with van der Waals surface area (Å²) in [6.45, 7) is 2.18. The molecule has 0 spiro atoms. The van der Waals surface area contributed by atoms with Crippen LogP contribution in [0.1, 0.15) is 17.4 Å². The molecule has 6 nitrogen and oxygen atoms in total. The maximum atomic E-state index is 10.7. The molecule has 2 heterocycles. The van der Waals surface area contributed by atoms with Gasteiger partial charge in [-0.25, -0.2) is 0 Å². The Morgan fingerprint density at radius 2 is 1.67 bits per heavy atom. The first-order valence-corrected chi connectivity index (χ1v) is 10.1. The van der Waals surface area contributed by atoms with Crippen molar-refractivity contribution in [1.29, 1.82) is 0 Å². The van der Waals surface area contributed by atoms with Crippen LogP contribution >= 0.6 is 0 Å². The Balaban J connectivity index is 1.49. The van der Waals surface area contributed by atoms with Gasteiger partial charge in [-0.1, -0.05) is 66.7 Å². The second-order valence-electron chi connectivity index (χ2n) is 7.75. The number of benzene rings is 3. The molecule has 30 heavy (non-hydrogen) atoms. The molecule has 2 fully saturated rings.